The van der Waals surface area contributed by atoms with Crippen LogP contribution >= 0.6 is 11.8 Å². The van der Waals surface area contributed by atoms with Gasteiger partial charge in [-0.1, -0.05) is 6.07 Å². The van der Waals surface area contributed by atoms with Gasteiger partial charge in [0.1, 0.15) is 0 Å². The van der Waals surface area contributed by atoms with Crippen LogP contribution in [0.3, 0.4) is 0 Å². The number of aryl methyl sites for hydroxylation is 1. The number of thioether (sulfide) groups is 1. The molecule has 2 aromatic rings. The Labute approximate surface area is 194 Å². The Morgan fingerprint density at radius 2 is 1.52 bits per heavy atom. The minimum atomic E-state index is -3.95. The largest absolute Gasteiger partial charge is 0.339 e. The Balaban J connectivity index is 1.64. The Hall–Kier alpha value is -3.03. The molecule has 0 spiro atoms. The second kappa shape index (κ2) is 9.85. The van der Waals surface area contributed by atoms with Crippen LogP contribution in [0.4, 0.5) is 11.4 Å². The summed E-state index contributed by atoms with van der Waals surface area (Å²) in [6.45, 7) is 3.84. The van der Waals surface area contributed by atoms with E-state index < -0.39 is 25.1 Å². The molecule has 11 nitrogen and oxygen atoms in total. The summed E-state index contributed by atoms with van der Waals surface area (Å²) in [6.07, 6.45) is 0. The van der Waals surface area contributed by atoms with E-state index in [4.69, 9.17) is 0 Å². The normalized spacial score (nSPS) is 15.8. The molecule has 1 amide bonds. The van der Waals surface area contributed by atoms with Gasteiger partial charge in [0.05, 0.1) is 20.0 Å². The fourth-order valence-electron chi connectivity index (χ4n) is 3.43. The third kappa shape index (κ3) is 5.49. The second-order valence-corrected chi connectivity index (χ2v) is 10.8. The van der Waals surface area contributed by atoms with Crippen LogP contribution in [-0.2, 0) is 14.8 Å². The number of sulfonamides is 1. The molecule has 0 saturated carbocycles. The first kappa shape index (κ1) is 24.6. The zero-order valence-corrected chi connectivity index (χ0v) is 19.5. The fourth-order valence-corrected chi connectivity index (χ4v) is 6.04. The van der Waals surface area contributed by atoms with Gasteiger partial charge < -0.3 is 4.90 Å². The topological polar surface area (TPSA) is 144 Å². The number of non-ortho nitro benzene ring substituents is 2. The first-order chi connectivity index (χ1) is 15.5. The van der Waals surface area contributed by atoms with Gasteiger partial charge in [-0.3, -0.25) is 25.0 Å². The predicted molar refractivity (Wildman–Crippen MR) is 122 cm³/mol. The molecule has 1 heterocycles. The van der Waals surface area contributed by atoms with Crippen molar-refractivity contribution in [2.75, 3.05) is 26.2 Å². The number of hydrogen-bond acceptors (Lipinski definition) is 8. The van der Waals surface area contributed by atoms with Crippen LogP contribution in [0.2, 0.25) is 0 Å². The van der Waals surface area contributed by atoms with Gasteiger partial charge in [-0.15, -0.1) is 11.8 Å². The summed E-state index contributed by atoms with van der Waals surface area (Å²) in [5, 5.41) is 21.3. The molecule has 176 valence electrons. The molecular weight excluding hydrogens is 472 g/mol. The molecular formula is C20H22N4O7S2. The number of hydrogen-bond donors (Lipinski definition) is 0. The van der Waals surface area contributed by atoms with Crippen molar-refractivity contribution in [3.05, 3.63) is 68.3 Å². The first-order valence-corrected chi connectivity index (χ1v) is 12.3. The van der Waals surface area contributed by atoms with Crippen LogP contribution in [0.25, 0.3) is 0 Å². The van der Waals surface area contributed by atoms with Crippen LogP contribution in [-0.4, -0.2) is 64.8 Å². The van der Waals surface area contributed by atoms with Crippen molar-refractivity contribution in [3.8, 4) is 0 Å². The predicted octanol–water partition coefficient (Wildman–Crippen LogP) is 2.83. The van der Waals surface area contributed by atoms with Crippen molar-refractivity contribution in [1.29, 1.82) is 0 Å². The summed E-state index contributed by atoms with van der Waals surface area (Å²) in [6, 6.07) is 9.64. The van der Waals surface area contributed by atoms with Gasteiger partial charge in [-0.25, -0.2) is 8.42 Å². The zero-order chi connectivity index (χ0) is 24.3. The molecule has 1 saturated heterocycles. The average Bonchev–Trinajstić information content (AvgIpc) is 2.79. The van der Waals surface area contributed by atoms with Gasteiger partial charge in [-0.2, -0.15) is 4.31 Å². The highest BCUT2D eigenvalue weighted by atomic mass is 32.2. The number of piperazine rings is 1. The molecule has 0 aromatic heterocycles. The highest BCUT2D eigenvalue weighted by Crippen LogP contribution is 2.28. The number of benzene rings is 2. The smallest absolute Gasteiger partial charge is 0.270 e. The number of carbonyl (C=O) groups excluding carboxylic acids is 1. The molecule has 0 bridgehead atoms. The number of nitrogens with zero attached hydrogens (tertiary/aromatic N) is 4. The Bertz CT molecular complexity index is 1180. The second-order valence-electron chi connectivity index (χ2n) is 7.45. The van der Waals surface area contributed by atoms with Crippen molar-refractivity contribution in [3.63, 3.8) is 0 Å². The third-order valence-corrected chi connectivity index (χ3v) is 8.40. The third-order valence-electron chi connectivity index (χ3n) is 5.26. The number of nitro benzene ring substituents is 2. The Morgan fingerprint density at radius 3 is 2.06 bits per heavy atom. The summed E-state index contributed by atoms with van der Waals surface area (Å²) in [7, 11) is -3.95. The van der Waals surface area contributed by atoms with Gasteiger partial charge in [0, 0.05) is 55.3 Å². The van der Waals surface area contributed by atoms with Gasteiger partial charge in [-0.05, 0) is 31.5 Å². The van der Waals surface area contributed by atoms with Crippen LogP contribution < -0.4 is 0 Å². The van der Waals surface area contributed by atoms with Gasteiger partial charge in [0.2, 0.25) is 15.9 Å². The van der Waals surface area contributed by atoms with Crippen molar-refractivity contribution >= 4 is 39.1 Å². The fraction of sp³-hybridized carbons (Fsp3) is 0.350. The van der Waals surface area contributed by atoms with Crippen LogP contribution in [0.15, 0.2) is 52.3 Å². The van der Waals surface area contributed by atoms with Crippen molar-refractivity contribution in [1.82, 2.24) is 9.21 Å². The number of carbonyl (C=O) groups is 1. The minimum Gasteiger partial charge on any atom is -0.339 e. The lowest BCUT2D eigenvalue weighted by Crippen LogP contribution is -2.52. The number of rotatable bonds is 7. The molecule has 2 aromatic carbocycles. The van der Waals surface area contributed by atoms with Gasteiger partial charge >= 0.3 is 0 Å². The van der Waals surface area contributed by atoms with Crippen molar-refractivity contribution in [2.24, 2.45) is 0 Å². The van der Waals surface area contributed by atoms with E-state index in [0.717, 1.165) is 6.07 Å². The van der Waals surface area contributed by atoms with E-state index in [2.05, 4.69) is 0 Å². The molecule has 0 radical (unpaired) electrons. The van der Waals surface area contributed by atoms with Crippen LogP contribution in [0.5, 0.6) is 0 Å². The monoisotopic (exact) mass is 494 g/mol. The average molecular weight is 495 g/mol. The lowest BCUT2D eigenvalue weighted by molar-refractivity contribution is -0.385. The lowest BCUT2D eigenvalue weighted by atomic mass is 10.2. The molecule has 3 rings (SSSR count). The highest BCUT2D eigenvalue weighted by Gasteiger charge is 2.33. The lowest BCUT2D eigenvalue weighted by Gasteiger charge is -2.35. The van der Waals surface area contributed by atoms with Crippen LogP contribution in [0.1, 0.15) is 12.5 Å². The molecule has 33 heavy (non-hydrogen) atoms. The maximum Gasteiger partial charge on any atom is 0.270 e. The number of nitro groups is 2. The van der Waals surface area contributed by atoms with E-state index >= 15 is 0 Å². The summed E-state index contributed by atoms with van der Waals surface area (Å²) in [4.78, 5) is 35.7. The molecule has 1 unspecified atom stereocenters. The maximum atomic E-state index is 13.1. The Morgan fingerprint density at radius 1 is 0.970 bits per heavy atom. The molecule has 1 atom stereocenters. The van der Waals surface area contributed by atoms with E-state index in [9.17, 15) is 33.4 Å². The van der Waals surface area contributed by atoms with E-state index in [1.807, 2.05) is 0 Å². The molecule has 1 aliphatic heterocycles. The van der Waals surface area contributed by atoms with E-state index in [1.54, 1.807) is 30.9 Å². The minimum absolute atomic E-state index is 0.0327. The molecule has 1 fully saturated rings. The number of amides is 1. The summed E-state index contributed by atoms with van der Waals surface area (Å²) < 4.78 is 27.3. The quantitative estimate of drug-likeness (QED) is 0.325. The SMILES string of the molecule is Cc1ccc([N+](=O)[O-])cc1S(=O)(=O)N1CCN(C(=O)C(C)Sc2ccc([N+](=O)[O-])cc2)CC1. The maximum absolute atomic E-state index is 13.1. The van der Waals surface area contributed by atoms with E-state index in [-0.39, 0.29) is 48.4 Å². The van der Waals surface area contributed by atoms with Gasteiger partial charge in [0.15, 0.2) is 0 Å². The van der Waals surface area contributed by atoms with Crippen molar-refractivity contribution in [2.45, 2.75) is 28.9 Å². The van der Waals surface area contributed by atoms with E-state index in [0.29, 0.717) is 10.5 Å². The summed E-state index contributed by atoms with van der Waals surface area (Å²) in [5.74, 6) is -0.165. The van der Waals surface area contributed by atoms with E-state index in [1.165, 1.54) is 40.3 Å². The molecule has 1 aliphatic rings. The highest BCUT2D eigenvalue weighted by molar-refractivity contribution is 8.00. The summed E-state index contributed by atoms with van der Waals surface area (Å²) in [5.41, 5.74) is 0.0759. The Kier molecular flexibility index (Phi) is 7.34. The van der Waals surface area contributed by atoms with Crippen LogP contribution in [0, 0.1) is 27.2 Å². The van der Waals surface area contributed by atoms with Gasteiger partial charge in [0.25, 0.3) is 11.4 Å². The first-order valence-electron chi connectivity index (χ1n) is 9.96. The summed E-state index contributed by atoms with van der Waals surface area (Å²) >= 11 is 1.27. The standard InChI is InChI=1S/C20H22N4O7S2/c1-14-3-4-17(24(28)29)13-19(14)33(30,31)22-11-9-21(10-12-22)20(25)15(2)32-18-7-5-16(6-8-18)23(26)27/h3-8,13,15H,9-12H2,1-2H3. The van der Waals surface area contributed by atoms with Crippen molar-refractivity contribution < 1.29 is 23.1 Å². The zero-order valence-electron chi connectivity index (χ0n) is 17.9. The molecule has 13 heteroatoms. The molecule has 0 aliphatic carbocycles. The molecule has 0 N–H and O–H groups in total.